The molecule has 0 bridgehead atoms. The van der Waals surface area contributed by atoms with E-state index in [1.165, 1.54) is 17.8 Å². The van der Waals surface area contributed by atoms with Crippen molar-refractivity contribution >= 4 is 28.7 Å². The van der Waals surface area contributed by atoms with Crippen LogP contribution in [0.5, 0.6) is 0 Å². The quantitative estimate of drug-likeness (QED) is 0.786. The molecule has 0 aromatic carbocycles. The zero-order valence-corrected chi connectivity index (χ0v) is 10.4. The molecular formula is C10H15N3S2. The second kappa shape index (κ2) is 4.90. The summed E-state index contributed by atoms with van der Waals surface area (Å²) < 4.78 is 0. The fraction of sp³-hybridized carbons (Fsp3) is 0.600. The van der Waals surface area contributed by atoms with Crippen molar-refractivity contribution in [2.75, 3.05) is 6.54 Å². The zero-order chi connectivity index (χ0) is 10.7. The van der Waals surface area contributed by atoms with E-state index in [-0.39, 0.29) is 0 Å². The fourth-order valence-corrected chi connectivity index (χ4v) is 2.31. The minimum absolute atomic E-state index is 0.632. The standard InChI is InChI=1S/C10H15N3S2/c1-7-6-15-9(12-7)4-5-11-10(14)13-8-2-3-8/h6,8H,2-5H2,1H3,(H2,11,13,14). The molecule has 1 heterocycles. The number of hydrogen-bond acceptors (Lipinski definition) is 3. The van der Waals surface area contributed by atoms with E-state index in [4.69, 9.17) is 12.2 Å². The summed E-state index contributed by atoms with van der Waals surface area (Å²) in [6.07, 6.45) is 3.46. The predicted octanol–water partition coefficient (Wildman–Crippen LogP) is 1.62. The maximum atomic E-state index is 5.15. The first-order chi connectivity index (χ1) is 7.24. The first-order valence-corrected chi connectivity index (χ1v) is 6.48. The molecular weight excluding hydrogens is 226 g/mol. The molecule has 3 nitrogen and oxygen atoms in total. The van der Waals surface area contributed by atoms with Crippen molar-refractivity contribution in [2.24, 2.45) is 0 Å². The van der Waals surface area contributed by atoms with Gasteiger partial charge in [0.05, 0.1) is 5.01 Å². The smallest absolute Gasteiger partial charge is 0.166 e. The summed E-state index contributed by atoms with van der Waals surface area (Å²) in [5, 5.41) is 10.5. The van der Waals surface area contributed by atoms with Crippen molar-refractivity contribution in [3.63, 3.8) is 0 Å². The maximum absolute atomic E-state index is 5.15. The van der Waals surface area contributed by atoms with Crippen molar-refractivity contribution in [3.8, 4) is 0 Å². The summed E-state index contributed by atoms with van der Waals surface area (Å²) in [7, 11) is 0. The van der Waals surface area contributed by atoms with Gasteiger partial charge in [-0.3, -0.25) is 0 Å². The lowest BCUT2D eigenvalue weighted by Crippen LogP contribution is -2.37. The summed E-state index contributed by atoms with van der Waals surface area (Å²) >= 11 is 6.86. The molecule has 0 amide bonds. The zero-order valence-electron chi connectivity index (χ0n) is 8.75. The summed E-state index contributed by atoms with van der Waals surface area (Å²) in [6.45, 7) is 2.89. The van der Waals surface area contributed by atoms with E-state index in [1.54, 1.807) is 11.3 Å². The Balaban J connectivity index is 1.63. The molecule has 0 saturated heterocycles. The number of rotatable bonds is 4. The number of nitrogens with one attached hydrogen (secondary N) is 2. The third-order valence-electron chi connectivity index (χ3n) is 2.20. The average molecular weight is 241 g/mol. The van der Waals surface area contributed by atoms with Crippen LogP contribution in [-0.2, 0) is 6.42 Å². The molecule has 1 aliphatic rings. The third kappa shape index (κ3) is 3.76. The molecule has 1 saturated carbocycles. The Bertz CT molecular complexity index is 344. The minimum atomic E-state index is 0.632. The van der Waals surface area contributed by atoms with Crippen LogP contribution in [0, 0.1) is 6.92 Å². The topological polar surface area (TPSA) is 37.0 Å². The molecule has 0 atom stereocenters. The van der Waals surface area contributed by atoms with Gasteiger partial charge in [0.15, 0.2) is 5.11 Å². The molecule has 1 fully saturated rings. The van der Waals surface area contributed by atoms with Gasteiger partial charge >= 0.3 is 0 Å². The molecule has 5 heteroatoms. The molecule has 15 heavy (non-hydrogen) atoms. The van der Waals surface area contributed by atoms with Crippen LogP contribution >= 0.6 is 23.6 Å². The van der Waals surface area contributed by atoms with Gasteiger partial charge in [-0.2, -0.15) is 0 Å². The maximum Gasteiger partial charge on any atom is 0.166 e. The molecule has 2 N–H and O–H groups in total. The largest absolute Gasteiger partial charge is 0.362 e. The van der Waals surface area contributed by atoms with E-state index in [1.807, 2.05) is 6.92 Å². The van der Waals surface area contributed by atoms with Crippen LogP contribution in [0.2, 0.25) is 0 Å². The predicted molar refractivity (Wildman–Crippen MR) is 67.3 cm³/mol. The lowest BCUT2D eigenvalue weighted by molar-refractivity contribution is 0.807. The highest BCUT2D eigenvalue weighted by Crippen LogP contribution is 2.18. The normalized spacial score (nSPS) is 15.0. The second-order valence-corrected chi connectivity index (χ2v) is 5.16. The van der Waals surface area contributed by atoms with Crippen LogP contribution in [0.15, 0.2) is 5.38 Å². The van der Waals surface area contributed by atoms with Crippen LogP contribution in [0.4, 0.5) is 0 Å². The van der Waals surface area contributed by atoms with E-state index in [2.05, 4.69) is 21.0 Å². The number of aromatic nitrogens is 1. The van der Waals surface area contributed by atoms with Gasteiger partial charge in [0.25, 0.3) is 0 Å². The summed E-state index contributed by atoms with van der Waals surface area (Å²) in [6, 6.07) is 0.632. The summed E-state index contributed by atoms with van der Waals surface area (Å²) in [5.41, 5.74) is 1.11. The number of thiocarbonyl (C=S) groups is 1. The van der Waals surface area contributed by atoms with E-state index >= 15 is 0 Å². The summed E-state index contributed by atoms with van der Waals surface area (Å²) in [5.74, 6) is 0. The molecule has 1 aromatic rings. The Hall–Kier alpha value is -0.680. The average Bonchev–Trinajstić information content (AvgIpc) is 2.89. The van der Waals surface area contributed by atoms with Crippen molar-refractivity contribution < 1.29 is 0 Å². The Morgan fingerprint density at radius 2 is 2.47 bits per heavy atom. The lowest BCUT2D eigenvalue weighted by Gasteiger charge is -2.08. The van der Waals surface area contributed by atoms with Crippen molar-refractivity contribution in [3.05, 3.63) is 16.1 Å². The van der Waals surface area contributed by atoms with Gasteiger partial charge in [-0.1, -0.05) is 0 Å². The molecule has 82 valence electrons. The minimum Gasteiger partial charge on any atom is -0.362 e. The highest BCUT2D eigenvalue weighted by Gasteiger charge is 2.21. The Kier molecular flexibility index (Phi) is 3.53. The molecule has 1 aromatic heterocycles. The van der Waals surface area contributed by atoms with Crippen molar-refractivity contribution in [2.45, 2.75) is 32.2 Å². The number of hydrogen-bond donors (Lipinski definition) is 2. The van der Waals surface area contributed by atoms with Gasteiger partial charge in [-0.25, -0.2) is 4.98 Å². The lowest BCUT2D eigenvalue weighted by atomic mass is 10.4. The monoisotopic (exact) mass is 241 g/mol. The van der Waals surface area contributed by atoms with E-state index < -0.39 is 0 Å². The molecule has 1 aliphatic carbocycles. The van der Waals surface area contributed by atoms with Crippen LogP contribution in [0.3, 0.4) is 0 Å². The van der Waals surface area contributed by atoms with Gasteiger partial charge in [0, 0.05) is 30.1 Å². The van der Waals surface area contributed by atoms with Crippen molar-refractivity contribution in [1.29, 1.82) is 0 Å². The molecule has 0 spiro atoms. The van der Waals surface area contributed by atoms with E-state index in [9.17, 15) is 0 Å². The van der Waals surface area contributed by atoms with E-state index in [0.717, 1.165) is 23.8 Å². The van der Waals surface area contributed by atoms with Gasteiger partial charge in [0.1, 0.15) is 0 Å². The van der Waals surface area contributed by atoms with Crippen LogP contribution in [-0.4, -0.2) is 22.7 Å². The Morgan fingerprint density at radius 1 is 1.67 bits per heavy atom. The first-order valence-electron chi connectivity index (χ1n) is 5.19. The summed E-state index contributed by atoms with van der Waals surface area (Å²) in [4.78, 5) is 4.40. The molecule has 0 radical (unpaired) electrons. The number of thiazole rings is 1. The van der Waals surface area contributed by atoms with Gasteiger partial charge in [-0.05, 0) is 32.0 Å². The van der Waals surface area contributed by atoms with Gasteiger partial charge in [-0.15, -0.1) is 11.3 Å². The van der Waals surface area contributed by atoms with Crippen LogP contribution in [0.1, 0.15) is 23.5 Å². The molecule has 2 rings (SSSR count). The fourth-order valence-electron chi connectivity index (χ4n) is 1.26. The Labute approximate surface area is 99.3 Å². The molecule has 0 unspecified atom stereocenters. The number of aryl methyl sites for hydroxylation is 1. The van der Waals surface area contributed by atoms with E-state index in [0.29, 0.717) is 6.04 Å². The molecule has 0 aliphatic heterocycles. The second-order valence-electron chi connectivity index (χ2n) is 3.81. The van der Waals surface area contributed by atoms with Crippen molar-refractivity contribution in [1.82, 2.24) is 15.6 Å². The van der Waals surface area contributed by atoms with Gasteiger partial charge in [0.2, 0.25) is 0 Å². The highest BCUT2D eigenvalue weighted by molar-refractivity contribution is 7.80. The number of nitrogens with zero attached hydrogens (tertiary/aromatic N) is 1. The SMILES string of the molecule is Cc1csc(CCNC(=S)NC2CC2)n1. The van der Waals surface area contributed by atoms with Crippen LogP contribution in [0.25, 0.3) is 0 Å². The first kappa shape index (κ1) is 10.8. The van der Waals surface area contributed by atoms with Gasteiger partial charge < -0.3 is 10.6 Å². The van der Waals surface area contributed by atoms with Crippen LogP contribution < -0.4 is 10.6 Å². The third-order valence-corrected chi connectivity index (χ3v) is 3.49. The highest BCUT2D eigenvalue weighted by atomic mass is 32.1. The Morgan fingerprint density at radius 3 is 3.07 bits per heavy atom.